The first kappa shape index (κ1) is 23.8. The number of fused-ring (bicyclic) bond motifs is 1. The van der Waals surface area contributed by atoms with Crippen LogP contribution in [-0.2, 0) is 6.54 Å². The number of amides is 1. The van der Waals surface area contributed by atoms with E-state index >= 15 is 0 Å². The van der Waals surface area contributed by atoms with E-state index in [0.717, 1.165) is 16.7 Å². The Balaban J connectivity index is 1.41. The number of anilines is 1. The van der Waals surface area contributed by atoms with Crippen LogP contribution in [0.15, 0.2) is 95.8 Å². The largest absolute Gasteiger partial charge is 0.322 e. The summed E-state index contributed by atoms with van der Waals surface area (Å²) in [5.74, 6) is 0.333. The molecule has 1 N–H and O–H groups in total. The summed E-state index contributed by atoms with van der Waals surface area (Å²) in [7, 11) is 0. The van der Waals surface area contributed by atoms with Crippen LogP contribution in [0, 0.1) is 6.92 Å². The molecule has 1 heterocycles. The molecule has 7 heteroatoms. The van der Waals surface area contributed by atoms with Crippen LogP contribution in [0.5, 0.6) is 0 Å². The maximum atomic E-state index is 13.4. The smallest absolute Gasteiger partial charge is 0.261 e. The first-order valence-electron chi connectivity index (χ1n) is 11.3. The third kappa shape index (κ3) is 5.03. The molecule has 0 unspecified atom stereocenters. The number of nitrogens with one attached hydrogen (secondary N) is 1. The van der Waals surface area contributed by atoms with Gasteiger partial charge in [-0.05, 0) is 78.2 Å². The molecule has 0 saturated heterocycles. The van der Waals surface area contributed by atoms with Crippen molar-refractivity contribution in [3.8, 4) is 11.1 Å². The van der Waals surface area contributed by atoms with Gasteiger partial charge in [-0.25, -0.2) is 4.98 Å². The highest BCUT2D eigenvalue weighted by molar-refractivity contribution is 6.31. The van der Waals surface area contributed by atoms with Crippen molar-refractivity contribution < 1.29 is 4.79 Å². The lowest BCUT2D eigenvalue weighted by atomic mass is 10.0. The van der Waals surface area contributed by atoms with Crippen molar-refractivity contribution in [3.63, 3.8) is 0 Å². The predicted molar refractivity (Wildman–Crippen MR) is 146 cm³/mol. The average Bonchev–Trinajstić information content (AvgIpc) is 2.88. The minimum absolute atomic E-state index is 0.165. The fourth-order valence-electron chi connectivity index (χ4n) is 4.03. The zero-order valence-electron chi connectivity index (χ0n) is 19.3. The number of carbonyl (C=O) groups excluding carboxylic acids is 1. The molecule has 5 nitrogen and oxygen atoms in total. The summed E-state index contributed by atoms with van der Waals surface area (Å²) in [5, 5.41) is 4.53. The molecule has 0 bridgehead atoms. The molecule has 36 heavy (non-hydrogen) atoms. The fraction of sp³-hybridized carbons (Fsp3) is 0.0690. The first-order valence-corrected chi connectivity index (χ1v) is 12.1. The Hall–Kier alpha value is -3.93. The van der Waals surface area contributed by atoms with Gasteiger partial charge in [-0.3, -0.25) is 14.2 Å². The number of hydrogen-bond acceptors (Lipinski definition) is 3. The van der Waals surface area contributed by atoms with Gasteiger partial charge in [0.1, 0.15) is 5.82 Å². The molecule has 178 valence electrons. The van der Waals surface area contributed by atoms with E-state index in [1.807, 2.05) is 55.5 Å². The molecule has 1 aromatic heterocycles. The monoisotopic (exact) mass is 513 g/mol. The Morgan fingerprint density at radius 1 is 0.833 bits per heavy atom. The number of benzene rings is 4. The third-order valence-corrected chi connectivity index (χ3v) is 6.49. The number of carbonyl (C=O) groups is 1. The van der Waals surface area contributed by atoms with E-state index in [1.54, 1.807) is 47.0 Å². The summed E-state index contributed by atoms with van der Waals surface area (Å²) < 4.78 is 1.64. The molecule has 0 fully saturated rings. The van der Waals surface area contributed by atoms with E-state index in [9.17, 15) is 9.59 Å². The molecule has 0 spiro atoms. The van der Waals surface area contributed by atoms with Crippen molar-refractivity contribution in [2.75, 3.05) is 5.32 Å². The molecule has 0 aliphatic carbocycles. The summed E-state index contributed by atoms with van der Waals surface area (Å²) in [4.78, 5) is 30.6. The van der Waals surface area contributed by atoms with E-state index < -0.39 is 0 Å². The Bertz CT molecular complexity index is 1630. The molecule has 0 aliphatic heterocycles. The lowest BCUT2D eigenvalue weighted by molar-refractivity contribution is 0.102. The Morgan fingerprint density at radius 3 is 2.06 bits per heavy atom. The molecule has 5 aromatic rings. The fourth-order valence-corrected chi connectivity index (χ4v) is 4.28. The molecular weight excluding hydrogens is 493 g/mol. The topological polar surface area (TPSA) is 64.0 Å². The van der Waals surface area contributed by atoms with Gasteiger partial charge in [-0.1, -0.05) is 59.6 Å². The number of aromatic nitrogens is 2. The zero-order chi connectivity index (χ0) is 25.2. The van der Waals surface area contributed by atoms with Gasteiger partial charge in [-0.2, -0.15) is 0 Å². The quantitative estimate of drug-likeness (QED) is 0.275. The van der Waals surface area contributed by atoms with Gasteiger partial charge in [0.05, 0.1) is 17.4 Å². The summed E-state index contributed by atoms with van der Waals surface area (Å²) in [6.45, 7) is 2.20. The van der Waals surface area contributed by atoms with E-state index in [2.05, 4.69) is 10.3 Å². The van der Waals surface area contributed by atoms with Crippen molar-refractivity contribution in [1.82, 2.24) is 9.55 Å². The van der Waals surface area contributed by atoms with Crippen LogP contribution in [0.25, 0.3) is 22.0 Å². The van der Waals surface area contributed by atoms with Crippen LogP contribution in [-0.4, -0.2) is 15.5 Å². The predicted octanol–water partition coefficient (Wildman–Crippen LogP) is 6.98. The Labute approximate surface area is 218 Å². The second kappa shape index (κ2) is 9.97. The lowest BCUT2D eigenvalue weighted by Gasteiger charge is -2.13. The molecular formula is C29H21Cl2N3O2. The van der Waals surface area contributed by atoms with Gasteiger partial charge in [0.25, 0.3) is 11.5 Å². The second-order valence-electron chi connectivity index (χ2n) is 8.45. The highest BCUT2D eigenvalue weighted by Gasteiger charge is 2.12. The van der Waals surface area contributed by atoms with Gasteiger partial charge >= 0.3 is 0 Å². The normalized spacial score (nSPS) is 11.0. The summed E-state index contributed by atoms with van der Waals surface area (Å²) in [6.07, 6.45) is 0. The van der Waals surface area contributed by atoms with Crippen molar-refractivity contribution in [3.05, 3.63) is 128 Å². The van der Waals surface area contributed by atoms with Gasteiger partial charge in [0, 0.05) is 21.3 Å². The van der Waals surface area contributed by atoms with E-state index in [4.69, 9.17) is 23.2 Å². The van der Waals surface area contributed by atoms with Crippen molar-refractivity contribution in [1.29, 1.82) is 0 Å². The molecule has 0 saturated carbocycles. The van der Waals surface area contributed by atoms with Gasteiger partial charge in [0.15, 0.2) is 0 Å². The minimum atomic E-state index is -0.285. The van der Waals surface area contributed by atoms with E-state index in [0.29, 0.717) is 44.6 Å². The van der Waals surface area contributed by atoms with Crippen LogP contribution in [0.1, 0.15) is 21.7 Å². The molecule has 5 rings (SSSR count). The number of rotatable bonds is 5. The van der Waals surface area contributed by atoms with Crippen molar-refractivity contribution in [2.24, 2.45) is 0 Å². The van der Waals surface area contributed by atoms with Crippen LogP contribution < -0.4 is 10.9 Å². The number of halogens is 2. The SMILES string of the molecule is Cc1nc2ccc(NC(=O)c3ccc(Cl)cc3)cc2c(=O)n1Cc1ccc(-c2ccc(Cl)cc2)cc1. The number of nitrogens with zero attached hydrogens (tertiary/aromatic N) is 2. The maximum Gasteiger partial charge on any atom is 0.261 e. The van der Waals surface area contributed by atoms with Crippen molar-refractivity contribution in [2.45, 2.75) is 13.5 Å². The zero-order valence-corrected chi connectivity index (χ0v) is 20.8. The molecule has 0 aliphatic rings. The molecule has 4 aromatic carbocycles. The molecule has 1 amide bonds. The summed E-state index contributed by atoms with van der Waals surface area (Å²) >= 11 is 11.9. The summed E-state index contributed by atoms with van der Waals surface area (Å²) in [5.41, 5.74) is 4.52. The lowest BCUT2D eigenvalue weighted by Crippen LogP contribution is -2.24. The molecule has 0 radical (unpaired) electrons. The number of hydrogen-bond donors (Lipinski definition) is 1. The van der Waals surface area contributed by atoms with Gasteiger partial charge in [-0.15, -0.1) is 0 Å². The van der Waals surface area contributed by atoms with Crippen LogP contribution >= 0.6 is 23.2 Å². The van der Waals surface area contributed by atoms with E-state index in [1.165, 1.54) is 0 Å². The van der Waals surface area contributed by atoms with Crippen molar-refractivity contribution >= 4 is 45.7 Å². The molecule has 0 atom stereocenters. The Morgan fingerprint density at radius 2 is 1.42 bits per heavy atom. The summed E-state index contributed by atoms with van der Waals surface area (Å²) in [6, 6.07) is 27.5. The Kier molecular flexibility index (Phi) is 6.59. The maximum absolute atomic E-state index is 13.4. The van der Waals surface area contributed by atoms with Crippen LogP contribution in [0.3, 0.4) is 0 Å². The van der Waals surface area contributed by atoms with E-state index in [-0.39, 0.29) is 11.5 Å². The number of aryl methyl sites for hydroxylation is 1. The second-order valence-corrected chi connectivity index (χ2v) is 9.32. The van der Waals surface area contributed by atoms with Gasteiger partial charge in [0.2, 0.25) is 0 Å². The average molecular weight is 514 g/mol. The first-order chi connectivity index (χ1) is 17.4. The highest BCUT2D eigenvalue weighted by Crippen LogP contribution is 2.23. The third-order valence-electron chi connectivity index (χ3n) is 5.98. The highest BCUT2D eigenvalue weighted by atomic mass is 35.5. The minimum Gasteiger partial charge on any atom is -0.322 e. The van der Waals surface area contributed by atoms with Gasteiger partial charge < -0.3 is 5.32 Å². The standard InChI is InChI=1S/C29H21Cl2N3O2/c1-18-32-27-15-14-25(33-28(35)22-8-12-24(31)13-9-22)16-26(27)29(36)34(18)17-19-2-4-20(5-3-19)21-6-10-23(30)11-7-21/h2-16H,17H2,1H3,(H,33,35). The van der Waals surface area contributed by atoms with Crippen LogP contribution in [0.2, 0.25) is 10.0 Å². The van der Waals surface area contributed by atoms with Crippen LogP contribution in [0.4, 0.5) is 5.69 Å².